The van der Waals surface area contributed by atoms with Crippen molar-refractivity contribution < 1.29 is 0 Å². The standard InChI is InChI=1S/C26H38N4/c1-7-10-24(30(6)8-2)26-22-15-14-20(18(3)4)11-9-12-21(22)25(28-29-26)23-16-13-19(5)17-27-23/h7-8,10,13,16-18,20-21,24,29H,2,9,11-12,14-15H2,1,3-6H3/b10-7-. The highest BCUT2D eigenvalue weighted by Gasteiger charge is 2.34. The number of hydrogen-bond donors (Lipinski definition) is 1. The summed E-state index contributed by atoms with van der Waals surface area (Å²) in [4.78, 5) is 6.88. The van der Waals surface area contributed by atoms with Gasteiger partial charge in [-0.3, -0.25) is 10.4 Å². The van der Waals surface area contributed by atoms with E-state index in [-0.39, 0.29) is 6.04 Å². The molecule has 0 spiro atoms. The largest absolute Gasteiger partial charge is 0.369 e. The molecule has 3 rings (SSSR count). The highest BCUT2D eigenvalue weighted by Crippen LogP contribution is 2.38. The molecule has 1 fully saturated rings. The number of aryl methyl sites for hydroxylation is 1. The molecule has 2 aliphatic rings. The minimum Gasteiger partial charge on any atom is -0.369 e. The molecule has 3 atom stereocenters. The Labute approximate surface area is 182 Å². The molecule has 2 heterocycles. The number of hydrogen-bond acceptors (Lipinski definition) is 4. The van der Waals surface area contributed by atoms with Crippen LogP contribution in [0.3, 0.4) is 0 Å². The molecule has 1 N–H and O–H groups in total. The Bertz CT molecular complexity index is 816. The summed E-state index contributed by atoms with van der Waals surface area (Å²) in [6.07, 6.45) is 14.2. The molecule has 4 heteroatoms. The topological polar surface area (TPSA) is 40.5 Å². The van der Waals surface area contributed by atoms with Gasteiger partial charge in [-0.2, -0.15) is 5.10 Å². The van der Waals surface area contributed by atoms with Crippen LogP contribution in [-0.2, 0) is 0 Å². The zero-order valence-electron chi connectivity index (χ0n) is 19.4. The van der Waals surface area contributed by atoms with Crippen molar-refractivity contribution in [3.63, 3.8) is 0 Å². The average molecular weight is 407 g/mol. The van der Waals surface area contributed by atoms with Crippen molar-refractivity contribution in [1.82, 2.24) is 15.3 Å². The number of aromatic nitrogens is 1. The predicted molar refractivity (Wildman–Crippen MR) is 127 cm³/mol. The van der Waals surface area contributed by atoms with E-state index in [1.165, 1.54) is 36.1 Å². The third kappa shape index (κ3) is 4.85. The highest BCUT2D eigenvalue weighted by atomic mass is 15.3. The van der Waals surface area contributed by atoms with Crippen LogP contribution in [0.2, 0.25) is 0 Å². The Morgan fingerprint density at radius 1 is 1.23 bits per heavy atom. The summed E-state index contributed by atoms with van der Waals surface area (Å²) >= 11 is 0. The van der Waals surface area contributed by atoms with Gasteiger partial charge in [0, 0.05) is 19.2 Å². The molecule has 30 heavy (non-hydrogen) atoms. The van der Waals surface area contributed by atoms with Gasteiger partial charge in [-0.1, -0.05) is 51.5 Å². The fraction of sp³-hybridized carbons (Fsp3) is 0.538. The number of fused-ring (bicyclic) bond motifs is 1. The Morgan fingerprint density at radius 3 is 2.67 bits per heavy atom. The minimum atomic E-state index is 0.123. The summed E-state index contributed by atoms with van der Waals surface area (Å²) in [6, 6.07) is 4.38. The first-order valence-electron chi connectivity index (χ1n) is 11.4. The van der Waals surface area contributed by atoms with E-state index in [2.05, 4.69) is 75.9 Å². The second-order valence-corrected chi connectivity index (χ2v) is 9.11. The van der Waals surface area contributed by atoms with Gasteiger partial charge in [0.25, 0.3) is 0 Å². The van der Waals surface area contributed by atoms with Crippen molar-refractivity contribution in [2.75, 3.05) is 7.05 Å². The molecule has 3 unspecified atom stereocenters. The van der Waals surface area contributed by atoms with Gasteiger partial charge in [0.1, 0.15) is 0 Å². The van der Waals surface area contributed by atoms with Gasteiger partial charge in [0.05, 0.1) is 23.1 Å². The van der Waals surface area contributed by atoms with Gasteiger partial charge in [-0.15, -0.1) is 0 Å². The zero-order chi connectivity index (χ0) is 21.7. The smallest absolute Gasteiger partial charge is 0.0934 e. The number of allylic oxidation sites excluding steroid dienone is 2. The van der Waals surface area contributed by atoms with Crippen molar-refractivity contribution in [1.29, 1.82) is 0 Å². The van der Waals surface area contributed by atoms with Crippen LogP contribution >= 0.6 is 0 Å². The number of nitrogens with zero attached hydrogens (tertiary/aromatic N) is 3. The Kier molecular flexibility index (Phi) is 7.52. The molecule has 0 bridgehead atoms. The number of pyridine rings is 1. The number of rotatable bonds is 6. The zero-order valence-corrected chi connectivity index (χ0v) is 19.4. The Morgan fingerprint density at radius 2 is 2.03 bits per heavy atom. The average Bonchev–Trinajstić information content (AvgIpc) is 2.72. The lowest BCUT2D eigenvalue weighted by Crippen LogP contribution is -2.39. The fourth-order valence-corrected chi connectivity index (χ4v) is 4.82. The van der Waals surface area contributed by atoms with Crippen LogP contribution in [-0.4, -0.2) is 28.7 Å². The third-order valence-corrected chi connectivity index (χ3v) is 6.76. The molecular formula is C26H38N4. The van der Waals surface area contributed by atoms with Crippen molar-refractivity contribution in [3.8, 4) is 0 Å². The monoisotopic (exact) mass is 406 g/mol. The number of likely N-dealkylation sites (N-methyl/N-ethyl adjacent to an activating group) is 1. The molecule has 0 aromatic carbocycles. The first-order valence-corrected chi connectivity index (χ1v) is 11.4. The lowest BCUT2D eigenvalue weighted by molar-refractivity contribution is 0.303. The van der Waals surface area contributed by atoms with Crippen molar-refractivity contribution >= 4 is 5.71 Å². The van der Waals surface area contributed by atoms with Crippen molar-refractivity contribution in [3.05, 3.63) is 65.8 Å². The predicted octanol–water partition coefficient (Wildman–Crippen LogP) is 5.82. The summed E-state index contributed by atoms with van der Waals surface area (Å²) in [6.45, 7) is 12.9. The van der Waals surface area contributed by atoms with E-state index in [0.29, 0.717) is 5.92 Å². The number of hydrazone groups is 1. The number of nitrogens with one attached hydrogen (secondary N) is 1. The molecule has 1 aromatic rings. The Balaban J connectivity index is 2.03. The molecule has 1 aliphatic carbocycles. The second-order valence-electron chi connectivity index (χ2n) is 9.11. The summed E-state index contributed by atoms with van der Waals surface area (Å²) in [5, 5.41) is 4.89. The summed E-state index contributed by atoms with van der Waals surface area (Å²) in [5.74, 6) is 1.85. The molecule has 0 saturated heterocycles. The van der Waals surface area contributed by atoms with Gasteiger partial charge >= 0.3 is 0 Å². The van der Waals surface area contributed by atoms with E-state index in [0.717, 1.165) is 36.1 Å². The SMILES string of the molecule is C=CN(C)C(/C=C\C)C1=C2CCC(C(C)C)CCCC2C(c2ccc(C)cn2)=NN1. The minimum absolute atomic E-state index is 0.123. The van der Waals surface area contributed by atoms with Crippen molar-refractivity contribution in [2.24, 2.45) is 22.9 Å². The van der Waals surface area contributed by atoms with E-state index in [1.54, 1.807) is 0 Å². The van der Waals surface area contributed by atoms with Crippen LogP contribution in [0.5, 0.6) is 0 Å². The first kappa shape index (κ1) is 22.3. The summed E-state index contributed by atoms with van der Waals surface area (Å²) in [5.41, 5.74) is 9.46. The van der Waals surface area contributed by atoms with E-state index >= 15 is 0 Å². The molecule has 162 valence electrons. The fourth-order valence-electron chi connectivity index (χ4n) is 4.82. The van der Waals surface area contributed by atoms with Crippen LogP contribution in [0, 0.1) is 24.7 Å². The molecule has 1 saturated carbocycles. The molecule has 0 radical (unpaired) electrons. The second kappa shape index (κ2) is 10.1. The molecular weight excluding hydrogens is 368 g/mol. The highest BCUT2D eigenvalue weighted by molar-refractivity contribution is 6.02. The van der Waals surface area contributed by atoms with Gasteiger partial charge in [-0.05, 0) is 68.3 Å². The molecule has 4 nitrogen and oxygen atoms in total. The lowest BCUT2D eigenvalue weighted by atomic mass is 9.75. The van der Waals surface area contributed by atoms with Crippen LogP contribution in [0.25, 0.3) is 0 Å². The van der Waals surface area contributed by atoms with Gasteiger partial charge in [-0.25, -0.2) is 0 Å². The maximum atomic E-state index is 4.89. The third-order valence-electron chi connectivity index (χ3n) is 6.76. The van der Waals surface area contributed by atoms with E-state index in [1.807, 2.05) is 12.4 Å². The van der Waals surface area contributed by atoms with Crippen molar-refractivity contribution in [2.45, 2.75) is 65.8 Å². The molecule has 0 amide bonds. The normalized spacial score (nSPS) is 23.3. The molecule has 1 aromatic heterocycles. The quantitative estimate of drug-likeness (QED) is 0.605. The summed E-state index contributed by atoms with van der Waals surface area (Å²) in [7, 11) is 2.09. The van der Waals surface area contributed by atoms with E-state index in [9.17, 15) is 0 Å². The molecule has 1 aliphatic heterocycles. The first-order chi connectivity index (χ1) is 14.5. The van der Waals surface area contributed by atoms with Crippen LogP contribution < -0.4 is 5.43 Å². The van der Waals surface area contributed by atoms with Gasteiger partial charge in [0.15, 0.2) is 0 Å². The van der Waals surface area contributed by atoms with Gasteiger partial charge in [0.2, 0.25) is 0 Å². The van der Waals surface area contributed by atoms with Gasteiger partial charge < -0.3 is 4.90 Å². The van der Waals surface area contributed by atoms with E-state index < -0.39 is 0 Å². The maximum Gasteiger partial charge on any atom is 0.0934 e. The maximum absolute atomic E-state index is 4.89. The van der Waals surface area contributed by atoms with Crippen LogP contribution in [0.1, 0.15) is 64.1 Å². The van der Waals surface area contributed by atoms with E-state index in [4.69, 9.17) is 10.1 Å². The van der Waals surface area contributed by atoms with Crippen LogP contribution in [0.4, 0.5) is 0 Å². The lowest BCUT2D eigenvalue weighted by Gasteiger charge is -2.37. The Hall–Kier alpha value is -2.36. The van der Waals surface area contributed by atoms with Crippen LogP contribution in [0.15, 0.2) is 59.6 Å². The summed E-state index contributed by atoms with van der Waals surface area (Å²) < 4.78 is 0.